The first kappa shape index (κ1) is 13.7. The second kappa shape index (κ2) is 7.08. The summed E-state index contributed by atoms with van der Waals surface area (Å²) in [6.07, 6.45) is 12.4. The fourth-order valence-electron chi connectivity index (χ4n) is 1.92. The van der Waals surface area contributed by atoms with Gasteiger partial charge in [-0.25, -0.2) is 0 Å². The van der Waals surface area contributed by atoms with Crippen LogP contribution in [0.4, 0.5) is 0 Å². The first-order valence-electron chi connectivity index (χ1n) is 6.62. The van der Waals surface area contributed by atoms with Crippen LogP contribution in [0.5, 0.6) is 0 Å². The smallest absolute Gasteiger partial charge is 0.163 e. The van der Waals surface area contributed by atoms with Gasteiger partial charge in [0.1, 0.15) is 6.10 Å². The Labute approximate surface area is 100 Å². The summed E-state index contributed by atoms with van der Waals surface area (Å²) in [7, 11) is 0. The van der Waals surface area contributed by atoms with Crippen molar-refractivity contribution < 1.29 is 9.47 Å². The summed E-state index contributed by atoms with van der Waals surface area (Å²) >= 11 is 0. The third kappa shape index (κ3) is 5.66. The van der Waals surface area contributed by atoms with Gasteiger partial charge in [-0.2, -0.15) is 0 Å². The van der Waals surface area contributed by atoms with Crippen molar-refractivity contribution in [1.82, 2.24) is 0 Å². The first-order chi connectivity index (χ1) is 7.64. The summed E-state index contributed by atoms with van der Waals surface area (Å²) in [5, 5.41) is 0. The molecule has 94 valence electrons. The summed E-state index contributed by atoms with van der Waals surface area (Å²) in [5.74, 6) is -0.393. The van der Waals surface area contributed by atoms with E-state index >= 15 is 0 Å². The molecule has 0 aromatic rings. The van der Waals surface area contributed by atoms with Crippen LogP contribution in [0.3, 0.4) is 0 Å². The molecule has 0 aliphatic carbocycles. The van der Waals surface area contributed by atoms with Gasteiger partial charge >= 0.3 is 0 Å². The maximum Gasteiger partial charge on any atom is 0.163 e. The van der Waals surface area contributed by atoms with Crippen LogP contribution in [0.25, 0.3) is 0 Å². The zero-order valence-corrected chi connectivity index (χ0v) is 11.0. The highest BCUT2D eigenvalue weighted by Gasteiger charge is 2.30. The average molecular weight is 226 g/mol. The zero-order valence-electron chi connectivity index (χ0n) is 11.0. The van der Waals surface area contributed by atoms with Crippen LogP contribution in [0.1, 0.15) is 59.3 Å². The van der Waals surface area contributed by atoms with E-state index in [1.165, 1.54) is 38.5 Å². The Balaban J connectivity index is 2.01. The number of rotatable bonds is 7. The van der Waals surface area contributed by atoms with E-state index in [1.807, 2.05) is 13.8 Å². The highest BCUT2D eigenvalue weighted by molar-refractivity contribution is 4.92. The molecular weight excluding hydrogens is 200 g/mol. The molecule has 0 bridgehead atoms. The Kier molecular flexibility index (Phi) is 6.07. The monoisotopic (exact) mass is 226 g/mol. The summed E-state index contributed by atoms with van der Waals surface area (Å²) in [5.41, 5.74) is 0. The zero-order chi connectivity index (χ0) is 11.9. The van der Waals surface area contributed by atoms with Crippen LogP contribution in [0.2, 0.25) is 0 Å². The van der Waals surface area contributed by atoms with Gasteiger partial charge in [0.05, 0.1) is 6.61 Å². The highest BCUT2D eigenvalue weighted by Crippen LogP contribution is 2.22. The molecule has 0 radical (unpaired) electrons. The largest absolute Gasteiger partial charge is 0.347 e. The summed E-state index contributed by atoms with van der Waals surface area (Å²) in [4.78, 5) is 0. The Hall–Kier alpha value is -0.340. The molecule has 1 atom stereocenters. The second-order valence-corrected chi connectivity index (χ2v) is 5.00. The summed E-state index contributed by atoms with van der Waals surface area (Å²) in [6, 6.07) is 0. The van der Waals surface area contributed by atoms with Crippen LogP contribution in [0, 0.1) is 0 Å². The van der Waals surface area contributed by atoms with E-state index in [0.29, 0.717) is 6.61 Å². The third-order valence-electron chi connectivity index (χ3n) is 2.86. The van der Waals surface area contributed by atoms with E-state index < -0.39 is 5.79 Å². The van der Waals surface area contributed by atoms with E-state index in [2.05, 4.69) is 19.1 Å². The van der Waals surface area contributed by atoms with Crippen molar-refractivity contribution in [3.8, 4) is 0 Å². The topological polar surface area (TPSA) is 18.5 Å². The van der Waals surface area contributed by atoms with Gasteiger partial charge in [0.15, 0.2) is 5.79 Å². The Morgan fingerprint density at radius 2 is 1.94 bits per heavy atom. The van der Waals surface area contributed by atoms with Crippen LogP contribution in [-0.2, 0) is 9.47 Å². The Morgan fingerprint density at radius 1 is 1.19 bits per heavy atom. The molecular formula is C14H26O2. The van der Waals surface area contributed by atoms with E-state index in [9.17, 15) is 0 Å². The van der Waals surface area contributed by atoms with Crippen molar-refractivity contribution in [3.05, 3.63) is 12.2 Å². The van der Waals surface area contributed by atoms with Gasteiger partial charge in [0.25, 0.3) is 0 Å². The standard InChI is InChI=1S/C14H26O2/c1-4-5-6-7-8-9-10-11-13-12-15-14(2,3)16-13/h10-11,13H,4-9,12H2,1-3H3/b11-10-/t13-/m0/s1. The van der Waals surface area contributed by atoms with Crippen LogP contribution >= 0.6 is 0 Å². The predicted octanol–water partition coefficient (Wildman–Crippen LogP) is 4.05. The lowest BCUT2D eigenvalue weighted by Crippen LogP contribution is -2.20. The fraction of sp³-hybridized carbons (Fsp3) is 0.857. The highest BCUT2D eigenvalue weighted by atomic mass is 16.7. The van der Waals surface area contributed by atoms with Gasteiger partial charge in [-0.1, -0.05) is 44.8 Å². The minimum Gasteiger partial charge on any atom is -0.347 e. The van der Waals surface area contributed by atoms with Crippen LogP contribution < -0.4 is 0 Å². The molecule has 1 fully saturated rings. The lowest BCUT2D eigenvalue weighted by Gasteiger charge is -2.15. The molecule has 0 aromatic carbocycles. The molecule has 0 N–H and O–H groups in total. The van der Waals surface area contributed by atoms with E-state index in [4.69, 9.17) is 9.47 Å². The molecule has 1 rings (SSSR count). The molecule has 1 saturated heterocycles. The third-order valence-corrected chi connectivity index (χ3v) is 2.86. The van der Waals surface area contributed by atoms with Gasteiger partial charge in [0.2, 0.25) is 0 Å². The van der Waals surface area contributed by atoms with Crippen LogP contribution in [-0.4, -0.2) is 18.5 Å². The quantitative estimate of drug-likeness (QED) is 0.481. The molecule has 1 aliphatic rings. The van der Waals surface area contributed by atoms with Gasteiger partial charge in [-0.05, 0) is 26.7 Å². The first-order valence-corrected chi connectivity index (χ1v) is 6.62. The molecule has 16 heavy (non-hydrogen) atoms. The minimum absolute atomic E-state index is 0.158. The van der Waals surface area contributed by atoms with Gasteiger partial charge < -0.3 is 9.47 Å². The van der Waals surface area contributed by atoms with E-state index in [1.54, 1.807) is 0 Å². The van der Waals surface area contributed by atoms with Gasteiger partial charge in [-0.3, -0.25) is 0 Å². The predicted molar refractivity (Wildman–Crippen MR) is 67.4 cm³/mol. The Bertz CT molecular complexity index is 209. The molecule has 2 heteroatoms. The normalized spacial score (nSPS) is 24.3. The minimum atomic E-state index is -0.393. The van der Waals surface area contributed by atoms with Crippen molar-refractivity contribution in [2.45, 2.75) is 71.2 Å². The van der Waals surface area contributed by atoms with Crippen molar-refractivity contribution in [1.29, 1.82) is 0 Å². The lowest BCUT2D eigenvalue weighted by molar-refractivity contribution is -0.133. The number of hydrogen-bond acceptors (Lipinski definition) is 2. The molecule has 1 heterocycles. The summed E-state index contributed by atoms with van der Waals surface area (Å²) in [6.45, 7) is 6.87. The molecule has 2 nitrogen and oxygen atoms in total. The molecule has 1 aliphatic heterocycles. The molecule has 0 spiro atoms. The number of ether oxygens (including phenoxy) is 2. The number of unbranched alkanes of at least 4 members (excludes halogenated alkanes) is 5. The van der Waals surface area contributed by atoms with Crippen molar-refractivity contribution in [2.75, 3.05) is 6.61 Å². The molecule has 0 unspecified atom stereocenters. The molecule has 0 aromatic heterocycles. The average Bonchev–Trinajstić information content (AvgIpc) is 2.57. The Morgan fingerprint density at radius 3 is 2.56 bits per heavy atom. The van der Waals surface area contributed by atoms with Gasteiger partial charge in [-0.15, -0.1) is 0 Å². The SMILES string of the molecule is CCCCCCC/C=C\[C@H]1COC(C)(C)O1. The van der Waals surface area contributed by atoms with Crippen molar-refractivity contribution in [2.24, 2.45) is 0 Å². The van der Waals surface area contributed by atoms with Crippen molar-refractivity contribution >= 4 is 0 Å². The van der Waals surface area contributed by atoms with Gasteiger partial charge in [0, 0.05) is 0 Å². The molecule has 0 amide bonds. The maximum atomic E-state index is 5.68. The lowest BCUT2D eigenvalue weighted by atomic mass is 10.1. The van der Waals surface area contributed by atoms with E-state index in [-0.39, 0.29) is 6.10 Å². The van der Waals surface area contributed by atoms with E-state index in [0.717, 1.165) is 0 Å². The maximum absolute atomic E-state index is 5.68. The summed E-state index contributed by atoms with van der Waals surface area (Å²) < 4.78 is 11.2. The van der Waals surface area contributed by atoms with Crippen molar-refractivity contribution in [3.63, 3.8) is 0 Å². The fourth-order valence-corrected chi connectivity index (χ4v) is 1.92. The molecule has 0 saturated carbocycles. The number of hydrogen-bond donors (Lipinski definition) is 0. The van der Waals surface area contributed by atoms with Crippen LogP contribution in [0.15, 0.2) is 12.2 Å². The second-order valence-electron chi connectivity index (χ2n) is 5.00. The number of allylic oxidation sites excluding steroid dienone is 1.